The molecule has 108 valence electrons. The molecule has 1 fully saturated rings. The lowest BCUT2D eigenvalue weighted by atomic mass is 9.79. The first-order chi connectivity index (χ1) is 8.51. The average Bonchev–Trinajstić information content (AvgIpc) is 2.35. The highest BCUT2D eigenvalue weighted by atomic mass is 16.5. The van der Waals surface area contributed by atoms with Gasteiger partial charge in [0.2, 0.25) is 0 Å². The summed E-state index contributed by atoms with van der Waals surface area (Å²) in [4.78, 5) is 0. The van der Waals surface area contributed by atoms with Gasteiger partial charge in [0.1, 0.15) is 0 Å². The second-order valence-corrected chi connectivity index (χ2v) is 6.60. The van der Waals surface area contributed by atoms with Crippen LogP contribution < -0.4 is 11.1 Å². The van der Waals surface area contributed by atoms with Gasteiger partial charge < -0.3 is 15.8 Å². The molecule has 0 aromatic heterocycles. The average molecular weight is 256 g/mol. The molecule has 1 heterocycles. The Hall–Kier alpha value is -0.120. The maximum Gasteiger partial charge on any atom is 0.0472 e. The molecule has 1 aliphatic rings. The Morgan fingerprint density at radius 1 is 1.11 bits per heavy atom. The Morgan fingerprint density at radius 2 is 1.67 bits per heavy atom. The number of nitrogens with one attached hydrogen (secondary N) is 1. The van der Waals surface area contributed by atoms with Gasteiger partial charge in [0.25, 0.3) is 0 Å². The normalized spacial score (nSPS) is 20.0. The van der Waals surface area contributed by atoms with E-state index in [9.17, 15) is 0 Å². The smallest absolute Gasteiger partial charge is 0.0472 e. The summed E-state index contributed by atoms with van der Waals surface area (Å²) in [5, 5.41) is 3.67. The molecule has 0 atom stereocenters. The third-order valence-corrected chi connectivity index (χ3v) is 4.58. The van der Waals surface area contributed by atoms with Crippen LogP contribution in [-0.2, 0) is 4.74 Å². The Kier molecular flexibility index (Phi) is 6.61. The third kappa shape index (κ3) is 4.52. The second-order valence-electron chi connectivity index (χ2n) is 6.60. The van der Waals surface area contributed by atoms with Crippen LogP contribution in [-0.4, -0.2) is 32.8 Å². The first kappa shape index (κ1) is 15.9. The zero-order valence-electron chi connectivity index (χ0n) is 12.7. The van der Waals surface area contributed by atoms with Crippen LogP contribution in [0.15, 0.2) is 0 Å². The molecule has 3 heteroatoms. The Morgan fingerprint density at radius 3 is 2.11 bits per heavy atom. The van der Waals surface area contributed by atoms with E-state index in [1.54, 1.807) is 0 Å². The number of rotatable bonds is 7. The molecule has 0 spiro atoms. The van der Waals surface area contributed by atoms with E-state index in [0.29, 0.717) is 0 Å². The van der Waals surface area contributed by atoms with Gasteiger partial charge >= 0.3 is 0 Å². The van der Waals surface area contributed by atoms with Crippen LogP contribution in [0.2, 0.25) is 0 Å². The fraction of sp³-hybridized carbons (Fsp3) is 1.00. The molecule has 0 aliphatic carbocycles. The highest BCUT2D eigenvalue weighted by Gasteiger charge is 2.31. The zero-order chi connectivity index (χ0) is 13.6. The summed E-state index contributed by atoms with van der Waals surface area (Å²) < 4.78 is 5.45. The predicted octanol–water partition coefficient (Wildman–Crippen LogP) is 2.26. The summed E-state index contributed by atoms with van der Waals surface area (Å²) in [5.41, 5.74) is 6.25. The van der Waals surface area contributed by atoms with Crippen molar-refractivity contribution in [3.05, 3.63) is 0 Å². The molecule has 1 rings (SSSR count). The quantitative estimate of drug-likeness (QED) is 0.734. The van der Waals surface area contributed by atoms with Gasteiger partial charge in [0.15, 0.2) is 0 Å². The number of nitrogens with two attached hydrogens (primary N) is 1. The first-order valence-electron chi connectivity index (χ1n) is 7.49. The largest absolute Gasteiger partial charge is 0.381 e. The SMILES string of the molecule is CC(C)C(CNCC1(CN)CCOCC1)C(C)C. The molecule has 0 radical (unpaired) electrons. The maximum atomic E-state index is 5.98. The van der Waals surface area contributed by atoms with E-state index in [1.807, 2.05) is 0 Å². The van der Waals surface area contributed by atoms with Crippen LogP contribution in [0.4, 0.5) is 0 Å². The number of hydrogen-bond acceptors (Lipinski definition) is 3. The van der Waals surface area contributed by atoms with Crippen LogP contribution in [0, 0.1) is 23.2 Å². The van der Waals surface area contributed by atoms with E-state index in [-0.39, 0.29) is 5.41 Å². The Balaban J connectivity index is 2.38. The molecule has 3 nitrogen and oxygen atoms in total. The summed E-state index contributed by atoms with van der Waals surface area (Å²) >= 11 is 0. The first-order valence-corrected chi connectivity index (χ1v) is 7.49. The van der Waals surface area contributed by atoms with Gasteiger partial charge in [-0.3, -0.25) is 0 Å². The molecule has 1 aliphatic heterocycles. The van der Waals surface area contributed by atoms with Crippen molar-refractivity contribution in [3.8, 4) is 0 Å². The van der Waals surface area contributed by atoms with Gasteiger partial charge in [-0.2, -0.15) is 0 Å². The van der Waals surface area contributed by atoms with Crippen molar-refractivity contribution < 1.29 is 4.74 Å². The van der Waals surface area contributed by atoms with Crippen molar-refractivity contribution in [2.75, 3.05) is 32.8 Å². The van der Waals surface area contributed by atoms with Gasteiger partial charge in [-0.15, -0.1) is 0 Å². The molecule has 0 aromatic carbocycles. The second kappa shape index (κ2) is 7.46. The Labute approximate surface area is 113 Å². The van der Waals surface area contributed by atoms with Crippen LogP contribution in [0.25, 0.3) is 0 Å². The van der Waals surface area contributed by atoms with Crippen molar-refractivity contribution in [1.29, 1.82) is 0 Å². The minimum Gasteiger partial charge on any atom is -0.381 e. The summed E-state index contributed by atoms with van der Waals surface area (Å²) in [6.07, 6.45) is 2.20. The molecule has 3 N–H and O–H groups in total. The van der Waals surface area contributed by atoms with Gasteiger partial charge in [0, 0.05) is 19.8 Å². The van der Waals surface area contributed by atoms with Crippen molar-refractivity contribution in [2.45, 2.75) is 40.5 Å². The van der Waals surface area contributed by atoms with Crippen molar-refractivity contribution in [3.63, 3.8) is 0 Å². The fourth-order valence-corrected chi connectivity index (χ4v) is 3.00. The summed E-state index contributed by atoms with van der Waals surface area (Å²) in [6.45, 7) is 13.9. The van der Waals surface area contributed by atoms with Crippen LogP contribution in [0.5, 0.6) is 0 Å². The van der Waals surface area contributed by atoms with Crippen LogP contribution >= 0.6 is 0 Å². The Bertz CT molecular complexity index is 215. The number of hydrogen-bond donors (Lipinski definition) is 2. The molecule has 0 bridgehead atoms. The van der Waals surface area contributed by atoms with E-state index >= 15 is 0 Å². The molecular weight excluding hydrogens is 224 g/mol. The molecule has 18 heavy (non-hydrogen) atoms. The topological polar surface area (TPSA) is 47.3 Å². The highest BCUT2D eigenvalue weighted by molar-refractivity contribution is 4.85. The monoisotopic (exact) mass is 256 g/mol. The van der Waals surface area contributed by atoms with E-state index < -0.39 is 0 Å². The van der Waals surface area contributed by atoms with E-state index in [2.05, 4.69) is 33.0 Å². The molecular formula is C15H32N2O. The molecule has 0 amide bonds. The predicted molar refractivity (Wildman–Crippen MR) is 77.6 cm³/mol. The summed E-state index contributed by atoms with van der Waals surface area (Å²) in [7, 11) is 0. The maximum absolute atomic E-state index is 5.98. The number of ether oxygens (including phenoxy) is 1. The van der Waals surface area contributed by atoms with E-state index in [4.69, 9.17) is 10.5 Å². The lowest BCUT2D eigenvalue weighted by Gasteiger charge is -2.37. The van der Waals surface area contributed by atoms with Gasteiger partial charge in [0.05, 0.1) is 0 Å². The minimum atomic E-state index is 0.275. The van der Waals surface area contributed by atoms with Gasteiger partial charge in [-0.1, -0.05) is 27.7 Å². The van der Waals surface area contributed by atoms with Crippen molar-refractivity contribution >= 4 is 0 Å². The third-order valence-electron chi connectivity index (χ3n) is 4.58. The summed E-state index contributed by atoms with van der Waals surface area (Å²) in [6, 6.07) is 0. The van der Waals surface area contributed by atoms with E-state index in [1.165, 1.54) is 0 Å². The van der Waals surface area contributed by atoms with E-state index in [0.717, 1.165) is 63.4 Å². The van der Waals surface area contributed by atoms with Gasteiger partial charge in [-0.25, -0.2) is 0 Å². The highest BCUT2D eigenvalue weighted by Crippen LogP contribution is 2.28. The molecule has 1 saturated heterocycles. The lowest BCUT2D eigenvalue weighted by Crippen LogP contribution is -2.46. The van der Waals surface area contributed by atoms with Crippen LogP contribution in [0.1, 0.15) is 40.5 Å². The minimum absolute atomic E-state index is 0.275. The fourth-order valence-electron chi connectivity index (χ4n) is 3.00. The van der Waals surface area contributed by atoms with Crippen molar-refractivity contribution in [1.82, 2.24) is 5.32 Å². The lowest BCUT2D eigenvalue weighted by molar-refractivity contribution is 0.0183. The van der Waals surface area contributed by atoms with Crippen molar-refractivity contribution in [2.24, 2.45) is 28.9 Å². The molecule has 0 aromatic rings. The standard InChI is InChI=1S/C15H32N2O/c1-12(2)14(13(3)4)9-17-11-15(10-16)5-7-18-8-6-15/h12-14,17H,5-11,16H2,1-4H3. The molecule has 0 unspecified atom stereocenters. The summed E-state index contributed by atoms with van der Waals surface area (Å²) in [5.74, 6) is 2.22. The zero-order valence-corrected chi connectivity index (χ0v) is 12.7. The van der Waals surface area contributed by atoms with Crippen LogP contribution in [0.3, 0.4) is 0 Å². The van der Waals surface area contributed by atoms with Gasteiger partial charge in [-0.05, 0) is 49.1 Å². The molecule has 0 saturated carbocycles.